The lowest BCUT2D eigenvalue weighted by Crippen LogP contribution is -2.19. The summed E-state index contributed by atoms with van der Waals surface area (Å²) in [4.78, 5) is 37.6. The third-order valence-corrected chi connectivity index (χ3v) is 4.72. The van der Waals surface area contributed by atoms with Gasteiger partial charge in [0.1, 0.15) is 5.56 Å². The predicted molar refractivity (Wildman–Crippen MR) is 113 cm³/mol. The molecule has 0 aliphatic rings. The number of fused-ring (bicyclic) bond motifs is 1. The van der Waals surface area contributed by atoms with Crippen LogP contribution in [0.5, 0.6) is 5.88 Å². The van der Waals surface area contributed by atoms with Crippen molar-refractivity contribution in [2.45, 2.75) is 0 Å². The summed E-state index contributed by atoms with van der Waals surface area (Å²) in [7, 11) is 0. The molecule has 0 radical (unpaired) electrons. The van der Waals surface area contributed by atoms with Gasteiger partial charge in [-0.2, -0.15) is 0 Å². The van der Waals surface area contributed by atoms with Gasteiger partial charge in [-0.05, 0) is 30.3 Å². The van der Waals surface area contributed by atoms with E-state index in [-0.39, 0.29) is 22.2 Å². The van der Waals surface area contributed by atoms with Crippen LogP contribution in [0.4, 0.5) is 10.5 Å². The minimum Gasteiger partial charge on any atom is -0.494 e. The zero-order valence-corrected chi connectivity index (χ0v) is 15.7. The van der Waals surface area contributed by atoms with E-state index in [4.69, 9.17) is 5.73 Å². The van der Waals surface area contributed by atoms with E-state index in [9.17, 15) is 19.5 Å². The zero-order valence-electron chi connectivity index (χ0n) is 15.7. The molecule has 0 bridgehead atoms. The smallest absolute Gasteiger partial charge is 0.326 e. The number of hydrogen-bond acceptors (Lipinski definition) is 4. The average molecular weight is 399 g/mol. The molecule has 0 aliphatic heterocycles. The van der Waals surface area contributed by atoms with E-state index in [0.29, 0.717) is 16.8 Å². The standard InChI is InChI=1S/C23H17N3O4/c24-23(30)26-18-12-11-15(20(27)14-7-3-1-4-8-14)13-17(18)19(22(26)29)21(28)25-16-9-5-2-6-10-16/h1-13,29H,(H2,24,30)(H,25,28). The molecular weight excluding hydrogens is 382 g/mol. The largest absolute Gasteiger partial charge is 0.494 e. The van der Waals surface area contributed by atoms with Crippen LogP contribution in [-0.4, -0.2) is 27.4 Å². The first-order valence-corrected chi connectivity index (χ1v) is 9.10. The summed E-state index contributed by atoms with van der Waals surface area (Å²) in [5.74, 6) is -1.47. The van der Waals surface area contributed by atoms with Crippen molar-refractivity contribution < 1.29 is 19.5 Å². The molecular formula is C23H17N3O4. The van der Waals surface area contributed by atoms with E-state index in [1.54, 1.807) is 60.7 Å². The molecule has 1 heterocycles. The van der Waals surface area contributed by atoms with E-state index in [1.807, 2.05) is 0 Å². The molecule has 4 aromatic rings. The number of aromatic hydroxyl groups is 1. The molecule has 2 amide bonds. The number of amides is 2. The van der Waals surface area contributed by atoms with Gasteiger partial charge in [0.05, 0.1) is 5.52 Å². The lowest BCUT2D eigenvalue weighted by atomic mass is 10.0. The van der Waals surface area contributed by atoms with E-state index >= 15 is 0 Å². The number of aromatic nitrogens is 1. The Bertz CT molecular complexity index is 1280. The number of benzene rings is 3. The molecule has 30 heavy (non-hydrogen) atoms. The number of para-hydroxylation sites is 1. The molecule has 3 aromatic carbocycles. The Labute approximate surface area is 171 Å². The summed E-state index contributed by atoms with van der Waals surface area (Å²) in [5, 5.41) is 13.5. The van der Waals surface area contributed by atoms with Gasteiger partial charge in [-0.3, -0.25) is 9.59 Å². The average Bonchev–Trinajstić information content (AvgIpc) is 3.05. The van der Waals surface area contributed by atoms with Crippen LogP contribution >= 0.6 is 0 Å². The predicted octanol–water partition coefficient (Wildman–Crippen LogP) is 3.76. The van der Waals surface area contributed by atoms with Gasteiger partial charge in [0, 0.05) is 22.2 Å². The number of carbonyl (C=O) groups excluding carboxylic acids is 3. The van der Waals surface area contributed by atoms with Gasteiger partial charge >= 0.3 is 6.03 Å². The Morgan fingerprint density at radius 2 is 1.47 bits per heavy atom. The summed E-state index contributed by atoms with van der Waals surface area (Å²) < 4.78 is 0.839. The monoisotopic (exact) mass is 399 g/mol. The highest BCUT2D eigenvalue weighted by atomic mass is 16.3. The Balaban J connectivity index is 1.85. The number of hydrogen-bond donors (Lipinski definition) is 3. The van der Waals surface area contributed by atoms with Crippen LogP contribution in [0.1, 0.15) is 26.3 Å². The molecule has 0 atom stereocenters. The Kier molecular flexibility index (Phi) is 4.77. The highest BCUT2D eigenvalue weighted by Gasteiger charge is 2.26. The fraction of sp³-hybridized carbons (Fsp3) is 0. The van der Waals surface area contributed by atoms with E-state index in [1.165, 1.54) is 18.2 Å². The van der Waals surface area contributed by atoms with Crippen molar-refractivity contribution in [1.82, 2.24) is 4.57 Å². The summed E-state index contributed by atoms with van der Waals surface area (Å²) in [5.41, 5.74) is 6.78. The topological polar surface area (TPSA) is 114 Å². The van der Waals surface area contributed by atoms with Crippen molar-refractivity contribution in [3.8, 4) is 5.88 Å². The van der Waals surface area contributed by atoms with Crippen LogP contribution in [0.25, 0.3) is 10.9 Å². The van der Waals surface area contributed by atoms with Crippen molar-refractivity contribution in [1.29, 1.82) is 0 Å². The Morgan fingerprint density at radius 3 is 2.10 bits per heavy atom. The van der Waals surface area contributed by atoms with Crippen LogP contribution < -0.4 is 11.1 Å². The van der Waals surface area contributed by atoms with Gasteiger partial charge < -0.3 is 16.2 Å². The Hall–Kier alpha value is -4.39. The molecule has 7 heteroatoms. The first-order chi connectivity index (χ1) is 14.5. The third kappa shape index (κ3) is 3.29. The van der Waals surface area contributed by atoms with Gasteiger partial charge in [0.15, 0.2) is 5.78 Å². The molecule has 7 nitrogen and oxygen atoms in total. The minimum absolute atomic E-state index is 0.143. The maximum absolute atomic E-state index is 12.9. The number of rotatable bonds is 4. The highest BCUT2D eigenvalue weighted by molar-refractivity contribution is 6.18. The highest BCUT2D eigenvalue weighted by Crippen LogP contribution is 2.33. The van der Waals surface area contributed by atoms with Crippen LogP contribution in [0.3, 0.4) is 0 Å². The van der Waals surface area contributed by atoms with Crippen LogP contribution in [-0.2, 0) is 0 Å². The van der Waals surface area contributed by atoms with Crippen molar-refractivity contribution in [3.05, 3.63) is 95.6 Å². The quantitative estimate of drug-likeness (QED) is 0.453. The maximum Gasteiger partial charge on any atom is 0.326 e. The number of anilines is 1. The van der Waals surface area contributed by atoms with Crippen LogP contribution in [0.15, 0.2) is 78.9 Å². The van der Waals surface area contributed by atoms with Crippen molar-refractivity contribution in [3.63, 3.8) is 0 Å². The molecule has 4 rings (SSSR count). The molecule has 0 spiro atoms. The first-order valence-electron chi connectivity index (χ1n) is 9.10. The number of nitrogens with one attached hydrogen (secondary N) is 1. The molecule has 0 fully saturated rings. The van der Waals surface area contributed by atoms with Gasteiger partial charge in [-0.15, -0.1) is 0 Å². The number of ketones is 1. The lowest BCUT2D eigenvalue weighted by molar-refractivity contribution is 0.102. The third-order valence-electron chi connectivity index (χ3n) is 4.72. The second kappa shape index (κ2) is 7.56. The van der Waals surface area contributed by atoms with Gasteiger partial charge in [0.2, 0.25) is 5.88 Å². The summed E-state index contributed by atoms with van der Waals surface area (Å²) >= 11 is 0. The minimum atomic E-state index is -0.946. The molecule has 0 aliphatic carbocycles. The van der Waals surface area contributed by atoms with Crippen molar-refractivity contribution >= 4 is 34.3 Å². The van der Waals surface area contributed by atoms with E-state index < -0.39 is 17.8 Å². The summed E-state index contributed by atoms with van der Waals surface area (Å²) in [6.07, 6.45) is 0. The number of primary amides is 1. The number of nitrogens with two attached hydrogens (primary N) is 1. The Morgan fingerprint density at radius 1 is 0.833 bits per heavy atom. The summed E-state index contributed by atoms with van der Waals surface area (Å²) in [6.45, 7) is 0. The first kappa shape index (κ1) is 18.9. The van der Waals surface area contributed by atoms with Gasteiger partial charge in [-0.25, -0.2) is 9.36 Å². The molecule has 0 saturated carbocycles. The molecule has 1 aromatic heterocycles. The zero-order chi connectivity index (χ0) is 21.3. The van der Waals surface area contributed by atoms with Crippen molar-refractivity contribution in [2.24, 2.45) is 5.73 Å². The SMILES string of the molecule is NC(=O)n1c(O)c(C(=O)Nc2ccccc2)c2cc(C(=O)c3ccccc3)ccc21. The van der Waals surface area contributed by atoms with E-state index in [2.05, 4.69) is 5.32 Å². The number of nitrogens with zero attached hydrogens (tertiary/aromatic N) is 1. The fourth-order valence-electron chi connectivity index (χ4n) is 3.34. The molecule has 4 N–H and O–H groups in total. The van der Waals surface area contributed by atoms with E-state index in [0.717, 1.165) is 4.57 Å². The fourth-order valence-corrected chi connectivity index (χ4v) is 3.34. The second-order valence-corrected chi connectivity index (χ2v) is 6.62. The number of carbonyl (C=O) groups is 3. The van der Waals surface area contributed by atoms with Gasteiger partial charge in [0.25, 0.3) is 5.91 Å². The second-order valence-electron chi connectivity index (χ2n) is 6.62. The lowest BCUT2D eigenvalue weighted by Gasteiger charge is -2.05. The van der Waals surface area contributed by atoms with Gasteiger partial charge in [-0.1, -0.05) is 48.5 Å². The van der Waals surface area contributed by atoms with Crippen LogP contribution in [0.2, 0.25) is 0 Å². The normalized spacial score (nSPS) is 10.7. The molecule has 0 unspecified atom stereocenters. The molecule has 148 valence electrons. The van der Waals surface area contributed by atoms with Crippen LogP contribution in [0, 0.1) is 0 Å². The summed E-state index contributed by atoms with van der Waals surface area (Å²) in [6, 6.07) is 20.9. The maximum atomic E-state index is 12.9. The molecule has 0 saturated heterocycles. The van der Waals surface area contributed by atoms with Crippen molar-refractivity contribution in [2.75, 3.05) is 5.32 Å².